The molecule has 0 saturated carbocycles. The highest BCUT2D eigenvalue weighted by atomic mass is 16.7. The Kier molecular flexibility index (Phi) is 7.14. The van der Waals surface area contributed by atoms with Crippen molar-refractivity contribution in [2.24, 2.45) is 0 Å². The lowest BCUT2D eigenvalue weighted by Gasteiger charge is -2.26. The van der Waals surface area contributed by atoms with Crippen LogP contribution in [-0.4, -0.2) is 37.0 Å². The highest BCUT2D eigenvalue weighted by Gasteiger charge is 2.30. The van der Waals surface area contributed by atoms with Crippen LogP contribution in [0.4, 0.5) is 4.79 Å². The lowest BCUT2D eigenvalue weighted by Crippen LogP contribution is -2.46. The summed E-state index contributed by atoms with van der Waals surface area (Å²) in [5.41, 5.74) is 1.17. The van der Waals surface area contributed by atoms with Crippen LogP contribution in [0.15, 0.2) is 60.7 Å². The number of hydrogen-bond acceptors (Lipinski definition) is 6. The van der Waals surface area contributed by atoms with Gasteiger partial charge in [0.2, 0.25) is 0 Å². The standard InChI is InChI=1S/C21H23NO6/c1-21(2,27-18(23)16-12-8-5-9-13-16)28-20(25)22-17(19(24)26-3)14-15-10-6-4-7-11-15/h4-13,17H,14H2,1-3H3,(H,22,25)/t17-/m0/s1. The summed E-state index contributed by atoms with van der Waals surface area (Å²) in [6.07, 6.45) is -0.676. The third-order valence-corrected chi connectivity index (χ3v) is 3.75. The molecule has 1 amide bonds. The predicted octanol–water partition coefficient (Wildman–Crippen LogP) is 3.09. The molecule has 0 aliphatic heterocycles. The van der Waals surface area contributed by atoms with E-state index in [1.165, 1.54) is 21.0 Å². The average molecular weight is 385 g/mol. The van der Waals surface area contributed by atoms with Gasteiger partial charge in [-0.25, -0.2) is 14.4 Å². The van der Waals surface area contributed by atoms with E-state index in [0.717, 1.165) is 5.56 Å². The van der Waals surface area contributed by atoms with E-state index >= 15 is 0 Å². The molecule has 0 aliphatic carbocycles. The molecule has 1 N–H and O–H groups in total. The van der Waals surface area contributed by atoms with E-state index in [1.54, 1.807) is 30.3 Å². The summed E-state index contributed by atoms with van der Waals surface area (Å²) in [5, 5.41) is 2.46. The Morgan fingerprint density at radius 2 is 1.50 bits per heavy atom. The van der Waals surface area contributed by atoms with Gasteiger partial charge in [0.25, 0.3) is 5.79 Å². The molecule has 0 aromatic heterocycles. The van der Waals surface area contributed by atoms with Crippen molar-refractivity contribution in [3.8, 4) is 0 Å². The summed E-state index contributed by atoms with van der Waals surface area (Å²) in [7, 11) is 1.24. The Morgan fingerprint density at radius 3 is 2.07 bits per heavy atom. The van der Waals surface area contributed by atoms with Gasteiger partial charge in [-0.15, -0.1) is 0 Å². The van der Waals surface area contributed by atoms with Crippen molar-refractivity contribution in [1.29, 1.82) is 0 Å². The molecular formula is C21H23NO6. The van der Waals surface area contributed by atoms with Crippen LogP contribution in [0.1, 0.15) is 29.8 Å². The minimum Gasteiger partial charge on any atom is -0.467 e. The number of esters is 2. The Labute approximate surface area is 163 Å². The summed E-state index contributed by atoms with van der Waals surface area (Å²) in [5.74, 6) is -2.78. The summed E-state index contributed by atoms with van der Waals surface area (Å²) >= 11 is 0. The second kappa shape index (κ2) is 9.55. The topological polar surface area (TPSA) is 90.9 Å². The maximum Gasteiger partial charge on any atom is 0.411 e. The van der Waals surface area contributed by atoms with Gasteiger partial charge in [-0.3, -0.25) is 0 Å². The molecule has 7 nitrogen and oxygen atoms in total. The molecule has 2 rings (SSSR count). The number of ether oxygens (including phenoxy) is 3. The Morgan fingerprint density at radius 1 is 0.929 bits per heavy atom. The molecule has 28 heavy (non-hydrogen) atoms. The number of carbonyl (C=O) groups is 3. The largest absolute Gasteiger partial charge is 0.467 e. The molecule has 0 unspecified atom stereocenters. The van der Waals surface area contributed by atoms with Gasteiger partial charge in [0.05, 0.1) is 12.7 Å². The third-order valence-electron chi connectivity index (χ3n) is 3.75. The molecular weight excluding hydrogens is 362 g/mol. The third kappa shape index (κ3) is 6.42. The lowest BCUT2D eigenvalue weighted by molar-refractivity contribution is -0.147. The zero-order chi connectivity index (χ0) is 20.6. The molecule has 1 atom stereocenters. The first kappa shape index (κ1) is 21.0. The molecule has 0 spiro atoms. The summed E-state index contributed by atoms with van der Waals surface area (Å²) < 4.78 is 15.2. The van der Waals surface area contributed by atoms with E-state index in [2.05, 4.69) is 5.32 Å². The van der Waals surface area contributed by atoms with Gasteiger partial charge in [-0.05, 0) is 17.7 Å². The van der Waals surface area contributed by atoms with Gasteiger partial charge >= 0.3 is 18.0 Å². The summed E-state index contributed by atoms with van der Waals surface area (Å²) in [6, 6.07) is 16.6. The number of nitrogens with one attached hydrogen (secondary N) is 1. The van der Waals surface area contributed by atoms with Crippen molar-refractivity contribution >= 4 is 18.0 Å². The Balaban J connectivity index is 1.98. The van der Waals surface area contributed by atoms with Crippen LogP contribution >= 0.6 is 0 Å². The van der Waals surface area contributed by atoms with Crippen LogP contribution in [0.2, 0.25) is 0 Å². The van der Waals surface area contributed by atoms with E-state index in [1.807, 2.05) is 30.3 Å². The molecule has 148 valence electrons. The second-order valence-electron chi connectivity index (χ2n) is 6.45. The van der Waals surface area contributed by atoms with E-state index in [4.69, 9.17) is 14.2 Å². The van der Waals surface area contributed by atoms with Crippen molar-refractivity contribution in [1.82, 2.24) is 5.32 Å². The van der Waals surface area contributed by atoms with Gasteiger partial charge in [-0.1, -0.05) is 48.5 Å². The minimum absolute atomic E-state index is 0.229. The number of alkyl carbamates (subject to hydrolysis) is 1. The summed E-state index contributed by atoms with van der Waals surface area (Å²) in [6.45, 7) is 2.86. The number of methoxy groups -OCH3 is 1. The number of amides is 1. The van der Waals surface area contributed by atoms with Gasteiger partial charge in [0.15, 0.2) is 0 Å². The number of benzene rings is 2. The fraction of sp³-hybridized carbons (Fsp3) is 0.286. The summed E-state index contributed by atoms with van der Waals surface area (Å²) in [4.78, 5) is 36.4. The van der Waals surface area contributed by atoms with E-state index in [0.29, 0.717) is 5.56 Å². The lowest BCUT2D eigenvalue weighted by atomic mass is 10.1. The predicted molar refractivity (Wildman–Crippen MR) is 102 cm³/mol. The van der Waals surface area contributed by atoms with Crippen LogP contribution in [-0.2, 0) is 25.4 Å². The first-order valence-electron chi connectivity index (χ1n) is 8.70. The van der Waals surface area contributed by atoms with Gasteiger partial charge in [-0.2, -0.15) is 0 Å². The van der Waals surface area contributed by atoms with Crippen molar-refractivity contribution in [2.45, 2.75) is 32.1 Å². The molecule has 0 radical (unpaired) electrons. The van der Waals surface area contributed by atoms with Crippen molar-refractivity contribution < 1.29 is 28.6 Å². The Hall–Kier alpha value is -3.35. The van der Waals surface area contributed by atoms with Crippen molar-refractivity contribution in [3.05, 3.63) is 71.8 Å². The molecule has 0 aliphatic rings. The maximum absolute atomic E-state index is 12.3. The average Bonchev–Trinajstić information content (AvgIpc) is 2.67. The molecule has 2 aromatic carbocycles. The number of rotatable bonds is 7. The molecule has 0 saturated heterocycles. The second-order valence-corrected chi connectivity index (χ2v) is 6.45. The van der Waals surface area contributed by atoms with E-state index in [-0.39, 0.29) is 6.42 Å². The molecule has 0 heterocycles. The smallest absolute Gasteiger partial charge is 0.411 e. The fourth-order valence-electron chi connectivity index (χ4n) is 2.46. The fourth-order valence-corrected chi connectivity index (χ4v) is 2.46. The van der Waals surface area contributed by atoms with E-state index < -0.39 is 29.9 Å². The van der Waals surface area contributed by atoms with E-state index in [9.17, 15) is 14.4 Å². The van der Waals surface area contributed by atoms with Crippen LogP contribution < -0.4 is 5.32 Å². The monoisotopic (exact) mass is 385 g/mol. The minimum atomic E-state index is -1.54. The highest BCUT2D eigenvalue weighted by Crippen LogP contribution is 2.15. The quantitative estimate of drug-likeness (QED) is 0.582. The Bertz CT molecular complexity index is 804. The first-order chi connectivity index (χ1) is 13.3. The molecule has 0 fully saturated rings. The van der Waals surface area contributed by atoms with Crippen molar-refractivity contribution in [3.63, 3.8) is 0 Å². The first-order valence-corrected chi connectivity index (χ1v) is 8.70. The highest BCUT2D eigenvalue weighted by molar-refractivity contribution is 5.89. The van der Waals surface area contributed by atoms with Crippen LogP contribution in [0.3, 0.4) is 0 Å². The molecule has 7 heteroatoms. The molecule has 0 bridgehead atoms. The van der Waals surface area contributed by atoms with Crippen LogP contribution in [0, 0.1) is 0 Å². The van der Waals surface area contributed by atoms with Gasteiger partial charge < -0.3 is 19.5 Å². The van der Waals surface area contributed by atoms with Crippen LogP contribution in [0.5, 0.6) is 0 Å². The molecule has 2 aromatic rings. The number of carbonyl (C=O) groups excluding carboxylic acids is 3. The maximum atomic E-state index is 12.3. The SMILES string of the molecule is COC(=O)[C@H](Cc1ccccc1)NC(=O)OC(C)(C)OC(=O)c1ccccc1. The normalized spacial score (nSPS) is 11.8. The zero-order valence-electron chi connectivity index (χ0n) is 16.0. The van der Waals surface area contributed by atoms with Crippen LogP contribution in [0.25, 0.3) is 0 Å². The van der Waals surface area contributed by atoms with Gasteiger partial charge in [0, 0.05) is 20.3 Å². The van der Waals surface area contributed by atoms with Crippen molar-refractivity contribution in [2.75, 3.05) is 7.11 Å². The number of hydrogen-bond donors (Lipinski definition) is 1. The van der Waals surface area contributed by atoms with Gasteiger partial charge in [0.1, 0.15) is 6.04 Å². The zero-order valence-corrected chi connectivity index (χ0v) is 16.0.